The Morgan fingerprint density at radius 1 is 1.32 bits per heavy atom. The molecule has 25 heavy (non-hydrogen) atoms. The smallest absolute Gasteiger partial charge is 0.265 e. The molecular formula is C18H13BrFNO2S2. The highest BCUT2D eigenvalue weighted by Gasteiger charge is 2.28. The van der Waals surface area contributed by atoms with Crippen molar-refractivity contribution in [1.29, 1.82) is 0 Å². The second-order valence-corrected chi connectivity index (χ2v) is 7.84. The van der Waals surface area contributed by atoms with Crippen molar-refractivity contribution in [2.45, 2.75) is 6.61 Å². The van der Waals surface area contributed by atoms with Crippen molar-refractivity contribution in [3.05, 3.63) is 68.8 Å². The Bertz CT molecular complexity index is 885. The van der Waals surface area contributed by atoms with Gasteiger partial charge in [-0.2, -0.15) is 0 Å². The predicted octanol–water partition coefficient (Wildman–Crippen LogP) is 5.00. The summed E-state index contributed by atoms with van der Waals surface area (Å²) >= 11 is 9.85. The SMILES string of the molecule is CN1C(=O)C(=Cc2ccc(OCc3ccccc3F)c(Br)c2)SC1=S. The van der Waals surface area contributed by atoms with Gasteiger partial charge in [0.1, 0.15) is 22.5 Å². The number of rotatable bonds is 4. The number of amides is 1. The van der Waals surface area contributed by atoms with Crippen LogP contribution in [0.2, 0.25) is 0 Å². The number of hydrogen-bond acceptors (Lipinski definition) is 4. The summed E-state index contributed by atoms with van der Waals surface area (Å²) in [4.78, 5) is 14.1. The minimum atomic E-state index is -0.295. The predicted molar refractivity (Wildman–Crippen MR) is 106 cm³/mol. The summed E-state index contributed by atoms with van der Waals surface area (Å²) in [7, 11) is 1.66. The number of nitrogens with zero attached hydrogens (tertiary/aromatic N) is 1. The normalized spacial score (nSPS) is 16.0. The summed E-state index contributed by atoms with van der Waals surface area (Å²) in [6.07, 6.45) is 1.79. The van der Waals surface area contributed by atoms with Crippen LogP contribution >= 0.6 is 39.9 Å². The van der Waals surface area contributed by atoms with E-state index in [0.717, 1.165) is 10.0 Å². The first-order chi connectivity index (χ1) is 12.0. The van der Waals surface area contributed by atoms with E-state index in [9.17, 15) is 9.18 Å². The van der Waals surface area contributed by atoms with Crippen LogP contribution < -0.4 is 4.74 Å². The lowest BCUT2D eigenvalue weighted by molar-refractivity contribution is -0.121. The van der Waals surface area contributed by atoms with Gasteiger partial charge in [0.05, 0.1) is 9.38 Å². The molecule has 7 heteroatoms. The second kappa shape index (κ2) is 7.68. The van der Waals surface area contributed by atoms with Gasteiger partial charge in [-0.25, -0.2) is 4.39 Å². The van der Waals surface area contributed by atoms with Crippen LogP contribution in [0, 0.1) is 5.82 Å². The molecular weight excluding hydrogens is 425 g/mol. The van der Waals surface area contributed by atoms with Crippen LogP contribution in [0.15, 0.2) is 51.8 Å². The maximum absolute atomic E-state index is 13.6. The molecule has 0 unspecified atom stereocenters. The molecule has 2 aromatic rings. The molecule has 0 N–H and O–H groups in total. The molecule has 1 aliphatic heterocycles. The highest BCUT2D eigenvalue weighted by molar-refractivity contribution is 9.10. The molecule has 0 bridgehead atoms. The number of ether oxygens (including phenoxy) is 1. The third-order valence-electron chi connectivity index (χ3n) is 3.58. The quantitative estimate of drug-likeness (QED) is 0.497. The van der Waals surface area contributed by atoms with Gasteiger partial charge >= 0.3 is 0 Å². The molecule has 0 atom stereocenters. The number of thiocarbonyl (C=S) groups is 1. The van der Waals surface area contributed by atoms with Gasteiger partial charge in [-0.1, -0.05) is 48.2 Å². The summed E-state index contributed by atoms with van der Waals surface area (Å²) in [5, 5.41) is 0. The molecule has 0 saturated carbocycles. The zero-order valence-corrected chi connectivity index (χ0v) is 16.4. The molecule has 0 aromatic heterocycles. The van der Waals surface area contributed by atoms with E-state index in [2.05, 4.69) is 15.9 Å². The van der Waals surface area contributed by atoms with E-state index in [1.54, 1.807) is 37.4 Å². The van der Waals surface area contributed by atoms with Gasteiger partial charge in [-0.05, 0) is 45.8 Å². The average Bonchev–Trinajstić information content (AvgIpc) is 2.82. The maximum Gasteiger partial charge on any atom is 0.265 e. The first-order valence-electron chi connectivity index (χ1n) is 7.33. The Morgan fingerprint density at radius 2 is 2.08 bits per heavy atom. The number of thioether (sulfide) groups is 1. The first kappa shape index (κ1) is 18.1. The van der Waals surface area contributed by atoms with Gasteiger partial charge in [-0.15, -0.1) is 0 Å². The van der Waals surface area contributed by atoms with Crippen molar-refractivity contribution in [3.63, 3.8) is 0 Å². The first-order valence-corrected chi connectivity index (χ1v) is 9.35. The highest BCUT2D eigenvalue weighted by atomic mass is 79.9. The lowest BCUT2D eigenvalue weighted by Crippen LogP contribution is -2.22. The van der Waals surface area contributed by atoms with Crippen molar-refractivity contribution in [1.82, 2.24) is 4.90 Å². The molecule has 1 heterocycles. The fourth-order valence-electron chi connectivity index (χ4n) is 2.19. The van der Waals surface area contributed by atoms with E-state index in [1.807, 2.05) is 12.1 Å². The number of hydrogen-bond donors (Lipinski definition) is 0. The standard InChI is InChI=1S/C18H13BrFNO2S2/c1-21-17(22)16(25-18(21)24)9-11-6-7-15(13(19)8-11)23-10-12-4-2-3-5-14(12)20/h2-9H,10H2,1H3. The van der Waals surface area contributed by atoms with Crippen LogP contribution in [0.4, 0.5) is 4.39 Å². The summed E-state index contributed by atoms with van der Waals surface area (Å²) in [6, 6.07) is 12.0. The monoisotopic (exact) mass is 437 g/mol. The molecule has 0 spiro atoms. The van der Waals surface area contributed by atoms with Crippen LogP contribution in [-0.4, -0.2) is 22.2 Å². The average molecular weight is 438 g/mol. The van der Waals surface area contributed by atoms with E-state index < -0.39 is 0 Å². The zero-order chi connectivity index (χ0) is 18.0. The lowest BCUT2D eigenvalue weighted by Gasteiger charge is -2.09. The summed E-state index contributed by atoms with van der Waals surface area (Å²) < 4.78 is 20.6. The number of likely N-dealkylation sites (N-methyl/N-ethyl adjacent to an activating group) is 1. The third-order valence-corrected chi connectivity index (χ3v) is 5.69. The van der Waals surface area contributed by atoms with Gasteiger partial charge in [0.2, 0.25) is 0 Å². The van der Waals surface area contributed by atoms with Gasteiger partial charge in [-0.3, -0.25) is 9.69 Å². The van der Waals surface area contributed by atoms with Crippen LogP contribution in [0.3, 0.4) is 0 Å². The molecule has 3 rings (SSSR count). The fraction of sp³-hybridized carbons (Fsp3) is 0.111. The second-order valence-electron chi connectivity index (χ2n) is 5.31. The van der Waals surface area contributed by atoms with Crippen molar-refractivity contribution < 1.29 is 13.9 Å². The zero-order valence-electron chi connectivity index (χ0n) is 13.2. The van der Waals surface area contributed by atoms with Crippen LogP contribution in [0.1, 0.15) is 11.1 Å². The Hall–Kier alpha value is -1.70. The summed E-state index contributed by atoms with van der Waals surface area (Å²) in [5.74, 6) is 0.200. The molecule has 0 radical (unpaired) electrons. The Kier molecular flexibility index (Phi) is 5.56. The van der Waals surface area contributed by atoms with Crippen LogP contribution in [0.25, 0.3) is 6.08 Å². The highest BCUT2D eigenvalue weighted by Crippen LogP contribution is 2.33. The van der Waals surface area contributed by atoms with E-state index in [1.165, 1.54) is 22.7 Å². The molecule has 128 valence electrons. The van der Waals surface area contributed by atoms with Crippen molar-refractivity contribution in [2.75, 3.05) is 7.05 Å². The minimum Gasteiger partial charge on any atom is -0.488 e. The number of benzene rings is 2. The van der Waals surface area contributed by atoms with E-state index in [0.29, 0.717) is 20.5 Å². The largest absolute Gasteiger partial charge is 0.488 e. The summed E-state index contributed by atoms with van der Waals surface area (Å²) in [5.41, 5.74) is 1.34. The Morgan fingerprint density at radius 3 is 2.72 bits per heavy atom. The van der Waals surface area contributed by atoms with Crippen LogP contribution in [-0.2, 0) is 11.4 Å². The Balaban J connectivity index is 1.74. The molecule has 0 aliphatic carbocycles. The number of carbonyl (C=O) groups excluding carboxylic acids is 1. The van der Waals surface area contributed by atoms with Gasteiger partial charge in [0.25, 0.3) is 5.91 Å². The molecule has 1 amide bonds. The third kappa shape index (κ3) is 4.11. The molecule has 3 nitrogen and oxygen atoms in total. The minimum absolute atomic E-state index is 0.106. The Labute approximate surface area is 163 Å². The molecule has 2 aromatic carbocycles. The van der Waals surface area contributed by atoms with Crippen molar-refractivity contribution >= 4 is 56.2 Å². The molecule has 1 saturated heterocycles. The molecule has 1 fully saturated rings. The van der Waals surface area contributed by atoms with Crippen LogP contribution in [0.5, 0.6) is 5.75 Å². The van der Waals surface area contributed by atoms with E-state index in [4.69, 9.17) is 17.0 Å². The fourth-order valence-corrected chi connectivity index (χ4v) is 3.88. The van der Waals surface area contributed by atoms with Crippen molar-refractivity contribution in [2.24, 2.45) is 0 Å². The summed E-state index contributed by atoms with van der Waals surface area (Å²) in [6.45, 7) is 0.138. The van der Waals surface area contributed by atoms with Crippen molar-refractivity contribution in [3.8, 4) is 5.75 Å². The van der Waals surface area contributed by atoms with Gasteiger partial charge in [0.15, 0.2) is 0 Å². The topological polar surface area (TPSA) is 29.5 Å². The number of carbonyl (C=O) groups is 1. The van der Waals surface area contributed by atoms with Gasteiger partial charge in [0, 0.05) is 12.6 Å². The van der Waals surface area contributed by atoms with E-state index >= 15 is 0 Å². The lowest BCUT2D eigenvalue weighted by atomic mass is 10.2. The van der Waals surface area contributed by atoms with E-state index in [-0.39, 0.29) is 18.3 Å². The number of halogens is 2. The maximum atomic E-state index is 13.6. The van der Waals surface area contributed by atoms with Gasteiger partial charge < -0.3 is 4.74 Å². The molecule has 1 aliphatic rings.